The highest BCUT2D eigenvalue weighted by atomic mass is 16.2. The van der Waals surface area contributed by atoms with E-state index in [-0.39, 0.29) is 18.2 Å². The van der Waals surface area contributed by atoms with Crippen LogP contribution in [0.3, 0.4) is 0 Å². The van der Waals surface area contributed by atoms with Crippen molar-refractivity contribution in [1.82, 2.24) is 9.78 Å². The Morgan fingerprint density at radius 3 is 2.39 bits per heavy atom. The first-order valence-electron chi connectivity index (χ1n) is 7.23. The molecule has 2 rings (SSSR count). The summed E-state index contributed by atoms with van der Waals surface area (Å²) < 4.78 is 1.74. The van der Waals surface area contributed by atoms with Gasteiger partial charge < -0.3 is 10.6 Å². The fraction of sp³-hybridized carbons (Fsp3) is 0.235. The van der Waals surface area contributed by atoms with Crippen molar-refractivity contribution < 1.29 is 9.59 Å². The fourth-order valence-electron chi connectivity index (χ4n) is 2.22. The SMILES string of the molecule is C=CC(=O)Nc1ccc(CC(=O)Nc2c(C)nn(C)c2C)cc1. The van der Waals surface area contributed by atoms with E-state index in [1.165, 1.54) is 6.08 Å². The maximum Gasteiger partial charge on any atom is 0.247 e. The summed E-state index contributed by atoms with van der Waals surface area (Å²) in [5.41, 5.74) is 3.99. The smallest absolute Gasteiger partial charge is 0.247 e. The second-order valence-electron chi connectivity index (χ2n) is 5.28. The monoisotopic (exact) mass is 312 g/mol. The van der Waals surface area contributed by atoms with Crippen molar-refractivity contribution in [3.05, 3.63) is 53.9 Å². The number of carbonyl (C=O) groups excluding carboxylic acids is 2. The number of aromatic nitrogens is 2. The third-order valence-corrected chi connectivity index (χ3v) is 3.54. The van der Waals surface area contributed by atoms with Crippen LogP contribution in [0, 0.1) is 13.8 Å². The van der Waals surface area contributed by atoms with Crippen LogP contribution < -0.4 is 10.6 Å². The third-order valence-electron chi connectivity index (χ3n) is 3.54. The number of hydrogen-bond donors (Lipinski definition) is 2. The molecule has 0 bridgehead atoms. The Labute approximate surface area is 135 Å². The van der Waals surface area contributed by atoms with Crippen LogP contribution in [0.5, 0.6) is 0 Å². The molecule has 0 saturated carbocycles. The molecule has 0 aliphatic carbocycles. The highest BCUT2D eigenvalue weighted by Gasteiger charge is 2.12. The van der Waals surface area contributed by atoms with Crippen LogP contribution in [0.1, 0.15) is 17.0 Å². The van der Waals surface area contributed by atoms with E-state index in [1.54, 1.807) is 28.9 Å². The van der Waals surface area contributed by atoms with Gasteiger partial charge in [0.1, 0.15) is 0 Å². The van der Waals surface area contributed by atoms with Gasteiger partial charge in [0.05, 0.1) is 23.5 Å². The molecule has 0 fully saturated rings. The summed E-state index contributed by atoms with van der Waals surface area (Å²) in [5.74, 6) is -0.370. The number of aryl methyl sites for hydroxylation is 2. The third kappa shape index (κ3) is 4.06. The number of amides is 2. The van der Waals surface area contributed by atoms with Gasteiger partial charge in [0.15, 0.2) is 0 Å². The molecule has 0 aliphatic heterocycles. The number of benzene rings is 1. The first-order valence-corrected chi connectivity index (χ1v) is 7.23. The summed E-state index contributed by atoms with van der Waals surface area (Å²) >= 11 is 0. The molecular weight excluding hydrogens is 292 g/mol. The molecule has 23 heavy (non-hydrogen) atoms. The van der Waals surface area contributed by atoms with Crippen LogP contribution in [0.2, 0.25) is 0 Å². The topological polar surface area (TPSA) is 76.0 Å². The molecule has 1 aromatic carbocycles. The lowest BCUT2D eigenvalue weighted by atomic mass is 10.1. The molecule has 0 atom stereocenters. The van der Waals surface area contributed by atoms with Crippen LogP contribution in [-0.2, 0) is 23.1 Å². The van der Waals surface area contributed by atoms with Crippen LogP contribution in [-0.4, -0.2) is 21.6 Å². The van der Waals surface area contributed by atoms with E-state index >= 15 is 0 Å². The number of anilines is 2. The van der Waals surface area contributed by atoms with E-state index in [2.05, 4.69) is 22.3 Å². The molecule has 1 aromatic heterocycles. The van der Waals surface area contributed by atoms with Gasteiger partial charge >= 0.3 is 0 Å². The lowest BCUT2D eigenvalue weighted by Gasteiger charge is -2.07. The lowest BCUT2D eigenvalue weighted by Crippen LogP contribution is -2.15. The summed E-state index contributed by atoms with van der Waals surface area (Å²) in [6, 6.07) is 7.12. The minimum Gasteiger partial charge on any atom is -0.323 e. The van der Waals surface area contributed by atoms with Crippen molar-refractivity contribution >= 4 is 23.2 Å². The lowest BCUT2D eigenvalue weighted by molar-refractivity contribution is -0.115. The maximum atomic E-state index is 12.2. The summed E-state index contributed by atoms with van der Waals surface area (Å²) in [5, 5.41) is 9.83. The molecule has 2 N–H and O–H groups in total. The Hall–Kier alpha value is -2.89. The average Bonchev–Trinajstić information content (AvgIpc) is 2.75. The van der Waals surface area contributed by atoms with Crippen molar-refractivity contribution in [3.8, 4) is 0 Å². The zero-order valence-corrected chi connectivity index (χ0v) is 13.5. The van der Waals surface area contributed by atoms with Crippen LogP contribution in [0.4, 0.5) is 11.4 Å². The zero-order valence-electron chi connectivity index (χ0n) is 13.5. The highest BCUT2D eigenvalue weighted by molar-refractivity contribution is 5.99. The van der Waals surface area contributed by atoms with Crippen molar-refractivity contribution in [2.24, 2.45) is 7.05 Å². The van der Waals surface area contributed by atoms with Gasteiger partial charge in [-0.05, 0) is 37.6 Å². The molecular formula is C17H20N4O2. The van der Waals surface area contributed by atoms with Gasteiger partial charge in [-0.25, -0.2) is 0 Å². The predicted molar refractivity (Wildman–Crippen MR) is 90.3 cm³/mol. The second-order valence-corrected chi connectivity index (χ2v) is 5.28. The molecule has 1 heterocycles. The van der Waals surface area contributed by atoms with Gasteiger partial charge in [-0.1, -0.05) is 18.7 Å². The quantitative estimate of drug-likeness (QED) is 0.832. The maximum absolute atomic E-state index is 12.2. The summed E-state index contributed by atoms with van der Waals surface area (Å²) in [4.78, 5) is 23.4. The van der Waals surface area contributed by atoms with Crippen molar-refractivity contribution in [3.63, 3.8) is 0 Å². The molecule has 0 radical (unpaired) electrons. The molecule has 6 heteroatoms. The molecule has 2 amide bonds. The number of rotatable bonds is 5. The molecule has 2 aromatic rings. The van der Waals surface area contributed by atoms with E-state index in [0.29, 0.717) is 5.69 Å². The summed E-state index contributed by atoms with van der Waals surface area (Å²) in [6.45, 7) is 7.17. The Morgan fingerprint density at radius 2 is 1.87 bits per heavy atom. The van der Waals surface area contributed by atoms with Gasteiger partial charge in [-0.3, -0.25) is 14.3 Å². The zero-order chi connectivity index (χ0) is 17.0. The fourth-order valence-corrected chi connectivity index (χ4v) is 2.22. The second kappa shape index (κ2) is 6.91. The van der Waals surface area contributed by atoms with E-state index in [9.17, 15) is 9.59 Å². The van der Waals surface area contributed by atoms with Gasteiger partial charge in [0, 0.05) is 12.7 Å². The van der Waals surface area contributed by atoms with E-state index in [4.69, 9.17) is 0 Å². The normalized spacial score (nSPS) is 10.2. The largest absolute Gasteiger partial charge is 0.323 e. The van der Waals surface area contributed by atoms with Crippen molar-refractivity contribution in [2.45, 2.75) is 20.3 Å². The summed E-state index contributed by atoms with van der Waals surface area (Å²) in [7, 11) is 1.84. The number of nitrogens with one attached hydrogen (secondary N) is 2. The van der Waals surface area contributed by atoms with Gasteiger partial charge in [0.25, 0.3) is 0 Å². The molecule has 0 aliphatic rings. The number of nitrogens with zero attached hydrogens (tertiary/aromatic N) is 2. The van der Waals surface area contributed by atoms with Crippen LogP contribution >= 0.6 is 0 Å². The molecule has 0 saturated heterocycles. The molecule has 0 spiro atoms. The van der Waals surface area contributed by atoms with E-state index in [1.807, 2.05) is 20.9 Å². The molecule has 6 nitrogen and oxygen atoms in total. The van der Waals surface area contributed by atoms with Crippen molar-refractivity contribution in [2.75, 3.05) is 10.6 Å². The molecule has 120 valence electrons. The van der Waals surface area contributed by atoms with E-state index < -0.39 is 0 Å². The van der Waals surface area contributed by atoms with Crippen LogP contribution in [0.15, 0.2) is 36.9 Å². The Balaban J connectivity index is 2.00. The first-order chi connectivity index (χ1) is 10.9. The number of hydrogen-bond acceptors (Lipinski definition) is 3. The van der Waals surface area contributed by atoms with Crippen LogP contribution in [0.25, 0.3) is 0 Å². The van der Waals surface area contributed by atoms with E-state index in [0.717, 1.165) is 22.6 Å². The van der Waals surface area contributed by atoms with Gasteiger partial charge in [0.2, 0.25) is 11.8 Å². The van der Waals surface area contributed by atoms with Gasteiger partial charge in [-0.15, -0.1) is 0 Å². The minimum absolute atomic E-state index is 0.105. The molecule has 0 unspecified atom stereocenters. The van der Waals surface area contributed by atoms with Crippen molar-refractivity contribution in [1.29, 1.82) is 0 Å². The predicted octanol–water partition coefficient (Wildman–Crippen LogP) is 2.34. The Bertz CT molecular complexity index is 745. The van der Waals surface area contributed by atoms with Gasteiger partial charge in [-0.2, -0.15) is 5.10 Å². The average molecular weight is 312 g/mol. The minimum atomic E-state index is -0.266. The Morgan fingerprint density at radius 1 is 1.22 bits per heavy atom. The first kappa shape index (κ1) is 16.5. The Kier molecular flexibility index (Phi) is 4.95. The highest BCUT2D eigenvalue weighted by Crippen LogP contribution is 2.19. The summed E-state index contributed by atoms with van der Waals surface area (Å²) in [6.07, 6.45) is 1.46. The standard InChI is InChI=1S/C17H20N4O2/c1-5-15(22)18-14-8-6-13(7-9-14)10-16(23)19-17-11(2)20-21(4)12(17)3/h5-9H,1,10H2,2-4H3,(H,18,22)(H,19,23). The number of carbonyl (C=O) groups is 2.